The van der Waals surface area contributed by atoms with Gasteiger partial charge in [0.05, 0.1) is 5.56 Å². The summed E-state index contributed by atoms with van der Waals surface area (Å²) < 4.78 is 25.1. The highest BCUT2D eigenvalue weighted by molar-refractivity contribution is 7.90. The van der Waals surface area contributed by atoms with Gasteiger partial charge in [0.25, 0.3) is 15.9 Å². The zero-order chi connectivity index (χ0) is 15.5. The first kappa shape index (κ1) is 15.5. The van der Waals surface area contributed by atoms with Crippen molar-refractivity contribution in [3.05, 3.63) is 29.8 Å². The van der Waals surface area contributed by atoms with Gasteiger partial charge in [-0.2, -0.15) is 0 Å². The lowest BCUT2D eigenvalue weighted by Crippen LogP contribution is -2.40. The number of amides is 2. The Morgan fingerprint density at radius 2 is 1.95 bits per heavy atom. The minimum Gasteiger partial charge on any atom is -0.355 e. The first-order valence-corrected chi connectivity index (χ1v) is 8.35. The molecule has 2 amide bonds. The Labute approximate surface area is 124 Å². The van der Waals surface area contributed by atoms with Gasteiger partial charge in [-0.3, -0.25) is 9.59 Å². The van der Waals surface area contributed by atoms with Crippen LogP contribution in [0.1, 0.15) is 36.5 Å². The van der Waals surface area contributed by atoms with Gasteiger partial charge in [0.15, 0.2) is 0 Å². The molecule has 0 bridgehead atoms. The maximum absolute atomic E-state index is 12.2. The zero-order valence-corrected chi connectivity index (χ0v) is 12.6. The molecule has 1 aliphatic heterocycles. The third-order valence-corrected chi connectivity index (χ3v) is 5.09. The number of nitrogens with one attached hydrogen (secondary N) is 1. The maximum atomic E-state index is 12.2. The van der Waals surface area contributed by atoms with E-state index in [1.165, 1.54) is 12.1 Å². The first-order valence-electron chi connectivity index (χ1n) is 6.91. The molecule has 0 atom stereocenters. The van der Waals surface area contributed by atoms with E-state index in [0.29, 0.717) is 10.8 Å². The third kappa shape index (κ3) is 3.07. The minimum absolute atomic E-state index is 0.0335. The van der Waals surface area contributed by atoms with Crippen molar-refractivity contribution in [3.8, 4) is 0 Å². The molecule has 114 valence electrons. The molecule has 0 spiro atoms. The summed E-state index contributed by atoms with van der Waals surface area (Å²) in [4.78, 5) is 23.8. The number of unbranched alkanes of at least 4 members (excludes halogenated alkanes) is 2. The van der Waals surface area contributed by atoms with Crippen molar-refractivity contribution in [2.45, 2.75) is 31.1 Å². The van der Waals surface area contributed by atoms with Gasteiger partial charge in [-0.1, -0.05) is 31.9 Å². The van der Waals surface area contributed by atoms with E-state index >= 15 is 0 Å². The van der Waals surface area contributed by atoms with Gasteiger partial charge in [-0.05, 0) is 18.6 Å². The van der Waals surface area contributed by atoms with Crippen molar-refractivity contribution in [2.24, 2.45) is 0 Å². The number of sulfonamides is 1. The predicted octanol–water partition coefficient (Wildman–Crippen LogP) is 1.14. The molecule has 2 rings (SSSR count). The molecule has 1 aromatic carbocycles. The van der Waals surface area contributed by atoms with Gasteiger partial charge in [0.2, 0.25) is 5.91 Å². The molecule has 1 aromatic rings. The molecule has 0 fully saturated rings. The summed E-state index contributed by atoms with van der Waals surface area (Å²) in [6, 6.07) is 5.98. The summed E-state index contributed by atoms with van der Waals surface area (Å²) in [7, 11) is -3.90. The largest absolute Gasteiger partial charge is 0.355 e. The molecule has 0 aromatic heterocycles. The van der Waals surface area contributed by atoms with Gasteiger partial charge >= 0.3 is 0 Å². The number of rotatable bonds is 6. The fourth-order valence-electron chi connectivity index (χ4n) is 2.18. The number of carbonyl (C=O) groups excluding carboxylic acids is 2. The standard InChI is InChI=1S/C14H18N2O4S/c1-2-3-6-9-15-13(17)10-16-14(18)11-7-4-5-8-12(11)21(16,19)20/h4-5,7-8H,2-3,6,9-10H2,1H3,(H,15,17). The number of nitrogens with zero attached hydrogens (tertiary/aromatic N) is 1. The summed E-state index contributed by atoms with van der Waals surface area (Å²) >= 11 is 0. The predicted molar refractivity (Wildman–Crippen MR) is 77.2 cm³/mol. The third-order valence-electron chi connectivity index (χ3n) is 3.30. The molecule has 1 N–H and O–H groups in total. The SMILES string of the molecule is CCCCCNC(=O)CN1C(=O)c2ccccc2S1(=O)=O. The maximum Gasteiger partial charge on any atom is 0.269 e. The van der Waals surface area contributed by atoms with Crippen LogP contribution in [0.2, 0.25) is 0 Å². The second kappa shape index (κ2) is 6.26. The van der Waals surface area contributed by atoms with Crippen LogP contribution in [-0.2, 0) is 14.8 Å². The van der Waals surface area contributed by atoms with Crippen molar-refractivity contribution < 1.29 is 18.0 Å². The average Bonchev–Trinajstić information content (AvgIpc) is 2.65. The molecule has 0 saturated heterocycles. The van der Waals surface area contributed by atoms with Crippen LogP contribution in [0, 0.1) is 0 Å². The Bertz CT molecular complexity index is 655. The minimum atomic E-state index is -3.90. The van der Waals surface area contributed by atoms with Crippen LogP contribution in [-0.4, -0.2) is 37.6 Å². The highest BCUT2D eigenvalue weighted by Gasteiger charge is 2.41. The quantitative estimate of drug-likeness (QED) is 0.799. The lowest BCUT2D eigenvalue weighted by atomic mass is 10.2. The fourth-order valence-corrected chi connectivity index (χ4v) is 3.70. The summed E-state index contributed by atoms with van der Waals surface area (Å²) in [5, 5.41) is 2.63. The van der Waals surface area contributed by atoms with Crippen LogP contribution in [0.3, 0.4) is 0 Å². The molecule has 7 heteroatoms. The van der Waals surface area contributed by atoms with Crippen LogP contribution in [0.25, 0.3) is 0 Å². The van der Waals surface area contributed by atoms with E-state index in [-0.39, 0.29) is 10.5 Å². The normalized spacial score (nSPS) is 15.9. The van der Waals surface area contributed by atoms with Crippen molar-refractivity contribution >= 4 is 21.8 Å². The van der Waals surface area contributed by atoms with E-state index < -0.39 is 28.4 Å². The lowest BCUT2D eigenvalue weighted by Gasteiger charge is -2.14. The molecule has 0 radical (unpaired) electrons. The smallest absolute Gasteiger partial charge is 0.269 e. The Morgan fingerprint density at radius 3 is 2.62 bits per heavy atom. The molecule has 1 heterocycles. The Balaban J connectivity index is 2.05. The van der Waals surface area contributed by atoms with Gasteiger partial charge in [0.1, 0.15) is 11.4 Å². The van der Waals surface area contributed by atoms with Crippen molar-refractivity contribution in [2.75, 3.05) is 13.1 Å². The van der Waals surface area contributed by atoms with Crippen molar-refractivity contribution in [1.82, 2.24) is 9.62 Å². The Kier molecular flexibility index (Phi) is 4.62. The molecular formula is C14H18N2O4S. The number of fused-ring (bicyclic) bond motifs is 1. The second-order valence-electron chi connectivity index (χ2n) is 4.87. The van der Waals surface area contributed by atoms with E-state index in [9.17, 15) is 18.0 Å². The fraction of sp³-hybridized carbons (Fsp3) is 0.429. The second-order valence-corrected chi connectivity index (χ2v) is 6.70. The molecule has 0 aliphatic carbocycles. The molecular weight excluding hydrogens is 292 g/mol. The van der Waals surface area contributed by atoms with Gasteiger partial charge in [-0.25, -0.2) is 12.7 Å². The van der Waals surface area contributed by atoms with Crippen LogP contribution in [0.5, 0.6) is 0 Å². The summed E-state index contributed by atoms with van der Waals surface area (Å²) in [6.45, 7) is 2.07. The average molecular weight is 310 g/mol. The lowest BCUT2D eigenvalue weighted by molar-refractivity contribution is -0.121. The monoisotopic (exact) mass is 310 g/mol. The van der Waals surface area contributed by atoms with Crippen LogP contribution < -0.4 is 5.32 Å². The highest BCUT2D eigenvalue weighted by atomic mass is 32.2. The van der Waals surface area contributed by atoms with Gasteiger partial charge in [0, 0.05) is 6.54 Å². The van der Waals surface area contributed by atoms with Crippen LogP contribution in [0.4, 0.5) is 0 Å². The summed E-state index contributed by atoms with van der Waals surface area (Å²) in [6.07, 6.45) is 2.86. The van der Waals surface area contributed by atoms with Crippen LogP contribution in [0.15, 0.2) is 29.2 Å². The molecule has 0 saturated carbocycles. The van der Waals surface area contributed by atoms with E-state index in [1.54, 1.807) is 12.1 Å². The van der Waals surface area contributed by atoms with Crippen LogP contribution >= 0.6 is 0 Å². The topological polar surface area (TPSA) is 83.6 Å². The van der Waals surface area contributed by atoms with E-state index in [1.807, 2.05) is 0 Å². The molecule has 6 nitrogen and oxygen atoms in total. The number of hydrogen-bond donors (Lipinski definition) is 1. The number of hydrogen-bond acceptors (Lipinski definition) is 4. The molecule has 1 aliphatic rings. The Morgan fingerprint density at radius 1 is 1.24 bits per heavy atom. The Hall–Kier alpha value is -1.89. The first-order chi connectivity index (χ1) is 9.98. The summed E-state index contributed by atoms with van der Waals surface area (Å²) in [5.74, 6) is -1.11. The summed E-state index contributed by atoms with van der Waals surface area (Å²) in [5.41, 5.74) is 0.122. The molecule has 0 unspecified atom stereocenters. The van der Waals surface area contributed by atoms with E-state index in [0.717, 1.165) is 19.3 Å². The van der Waals surface area contributed by atoms with E-state index in [2.05, 4.69) is 12.2 Å². The van der Waals surface area contributed by atoms with Crippen molar-refractivity contribution in [1.29, 1.82) is 0 Å². The highest BCUT2D eigenvalue weighted by Crippen LogP contribution is 2.29. The van der Waals surface area contributed by atoms with Gasteiger partial charge in [-0.15, -0.1) is 0 Å². The molecule has 21 heavy (non-hydrogen) atoms. The van der Waals surface area contributed by atoms with E-state index in [4.69, 9.17) is 0 Å². The zero-order valence-electron chi connectivity index (χ0n) is 11.8. The number of carbonyl (C=O) groups is 2. The van der Waals surface area contributed by atoms with Crippen molar-refractivity contribution in [3.63, 3.8) is 0 Å². The number of benzene rings is 1. The van der Waals surface area contributed by atoms with Gasteiger partial charge < -0.3 is 5.32 Å².